The van der Waals surface area contributed by atoms with Gasteiger partial charge in [-0.1, -0.05) is 41.4 Å². The molecule has 0 bridgehead atoms. The first kappa shape index (κ1) is 35.1. The molecule has 8 nitrogen and oxygen atoms in total. The highest BCUT2D eigenvalue weighted by Crippen LogP contribution is 2.70. The fraction of sp³-hybridized carbons (Fsp3) is 0.586. The van der Waals surface area contributed by atoms with Crippen LogP contribution in [0.2, 0.25) is 0 Å². The monoisotopic (exact) mass is 660 g/mol. The van der Waals surface area contributed by atoms with E-state index >= 15 is 0 Å². The Kier molecular flexibility index (Phi) is 11.4. The van der Waals surface area contributed by atoms with Crippen LogP contribution in [0.1, 0.15) is 0 Å². The molecule has 0 aromatic carbocycles. The smallest absolute Gasteiger partial charge is 0.281 e. The first-order valence-electron chi connectivity index (χ1n) is 13.2. The van der Waals surface area contributed by atoms with Crippen LogP contribution in [0.3, 0.4) is 0 Å². The van der Waals surface area contributed by atoms with Crippen LogP contribution in [0.5, 0.6) is 0 Å². The van der Waals surface area contributed by atoms with E-state index in [2.05, 4.69) is 63.9 Å². The van der Waals surface area contributed by atoms with Gasteiger partial charge in [-0.05, 0) is 98.5 Å². The van der Waals surface area contributed by atoms with Crippen LogP contribution < -0.4 is 0 Å². The topological polar surface area (TPSA) is 53.6 Å². The van der Waals surface area contributed by atoms with Gasteiger partial charge < -0.3 is 0 Å². The Morgan fingerprint density at radius 2 is 1.19 bits per heavy atom. The van der Waals surface area contributed by atoms with Crippen molar-refractivity contribution in [3.63, 3.8) is 0 Å². The lowest BCUT2D eigenvalue weighted by molar-refractivity contribution is 0.410. The molecule has 3 aliphatic rings. The summed E-state index contributed by atoms with van der Waals surface area (Å²) in [6.45, 7) is -2.85. The van der Waals surface area contributed by atoms with Gasteiger partial charge in [-0.3, -0.25) is 13.8 Å². The second-order valence-electron chi connectivity index (χ2n) is 11.0. The molecule has 9 unspecified atom stereocenters. The first-order valence-corrected chi connectivity index (χ1v) is 21.0. The molecule has 0 aromatic rings. The van der Waals surface area contributed by atoms with Crippen molar-refractivity contribution >= 4 is 43.6 Å². The lowest BCUT2D eigenvalue weighted by Crippen LogP contribution is -2.32. The second kappa shape index (κ2) is 13.7. The summed E-state index contributed by atoms with van der Waals surface area (Å²) >= 11 is 7.21. The molecule has 3 heterocycles. The van der Waals surface area contributed by atoms with Gasteiger partial charge in [0.25, 0.3) is 14.2 Å². The summed E-state index contributed by atoms with van der Waals surface area (Å²) in [5.41, 5.74) is 0. The van der Waals surface area contributed by atoms with Crippen molar-refractivity contribution in [2.45, 2.75) is 23.4 Å². The molecule has 0 spiro atoms. The van der Waals surface area contributed by atoms with Gasteiger partial charge in [0, 0.05) is 30.3 Å². The summed E-state index contributed by atoms with van der Waals surface area (Å²) < 4.78 is 38.2. The van der Waals surface area contributed by atoms with Gasteiger partial charge in [0.2, 0.25) is 0 Å². The Balaban J connectivity index is 1.89. The predicted octanol–water partition coefficient (Wildman–Crippen LogP) is 2.84. The molecule has 13 heteroatoms. The summed E-state index contributed by atoms with van der Waals surface area (Å²) in [5, 5.41) is -0.350. The maximum Gasteiger partial charge on any atom is 0.288 e. The predicted molar refractivity (Wildman–Crippen MR) is 182 cm³/mol. The Bertz CT molecular complexity index is 1570. The Morgan fingerprint density at radius 3 is 1.64 bits per heavy atom. The number of hydrogen-bond acceptors (Lipinski definition) is 4. The molecule has 0 radical (unpaired) electrons. The summed E-state index contributed by atoms with van der Waals surface area (Å²) in [5.74, 6) is 30.2. The summed E-state index contributed by atoms with van der Waals surface area (Å²) in [7, 11) is 13.4. The Labute approximate surface area is 262 Å². The Morgan fingerprint density at radius 1 is 0.690 bits per heavy atom. The van der Waals surface area contributed by atoms with Crippen molar-refractivity contribution in [2.75, 3.05) is 75.8 Å². The van der Waals surface area contributed by atoms with Crippen molar-refractivity contribution in [3.8, 4) is 72.1 Å². The minimum atomic E-state index is -3.09. The first-order chi connectivity index (χ1) is 19.6. The molecule has 9 atom stereocenters. The van der Waals surface area contributed by atoms with E-state index in [0.717, 1.165) is 12.3 Å². The highest BCUT2D eigenvalue weighted by atomic mass is 32.7. The second-order valence-corrected chi connectivity index (χ2v) is 24.5. The third-order valence-electron chi connectivity index (χ3n) is 7.89. The molecule has 224 valence electrons. The third kappa shape index (κ3) is 6.50. The lowest BCUT2D eigenvalue weighted by atomic mass is 9.98. The Hall–Kier alpha value is -1.42. The molecule has 42 heavy (non-hydrogen) atoms. The van der Waals surface area contributed by atoms with Gasteiger partial charge in [0.1, 0.15) is 23.4 Å². The molecular weight excluding hydrogens is 621 g/mol. The van der Waals surface area contributed by atoms with Crippen molar-refractivity contribution in [3.05, 3.63) is 0 Å². The van der Waals surface area contributed by atoms with Crippen LogP contribution in [0.15, 0.2) is 0 Å². The quantitative estimate of drug-likeness (QED) is 0.334. The summed E-state index contributed by atoms with van der Waals surface area (Å²) in [6, 6.07) is -1.35. The van der Waals surface area contributed by atoms with E-state index in [1.54, 1.807) is 72.7 Å². The molecule has 3 aliphatic heterocycles. The minimum absolute atomic E-state index is 0.0161. The van der Waals surface area contributed by atoms with Gasteiger partial charge in [0.15, 0.2) is 0 Å². The lowest BCUT2D eigenvalue weighted by Gasteiger charge is -2.31. The van der Waals surface area contributed by atoms with E-state index in [-0.39, 0.29) is 17.1 Å². The highest BCUT2D eigenvalue weighted by molar-refractivity contribution is 8.57. The van der Waals surface area contributed by atoms with Crippen LogP contribution in [0, 0.1) is 83.9 Å². The van der Waals surface area contributed by atoms with Gasteiger partial charge in [-0.2, -0.15) is 0 Å². The highest BCUT2D eigenvalue weighted by Gasteiger charge is 2.52. The molecule has 0 N–H and O–H groups in total. The summed E-state index contributed by atoms with van der Waals surface area (Å²) in [6.07, 6.45) is 11.5. The van der Waals surface area contributed by atoms with E-state index < -0.39 is 38.6 Å². The zero-order chi connectivity index (χ0) is 31.6. The fourth-order valence-electron chi connectivity index (χ4n) is 5.22. The van der Waals surface area contributed by atoms with Crippen molar-refractivity contribution in [2.24, 2.45) is 11.8 Å². The van der Waals surface area contributed by atoms with Crippen molar-refractivity contribution in [1.82, 2.24) is 28.0 Å². The van der Waals surface area contributed by atoms with Crippen molar-refractivity contribution in [1.29, 1.82) is 0 Å². The summed E-state index contributed by atoms with van der Waals surface area (Å²) in [4.78, 5) is 0. The van der Waals surface area contributed by atoms with Crippen LogP contribution in [-0.2, 0) is 20.9 Å². The molecule has 0 saturated carbocycles. The van der Waals surface area contributed by atoms with Gasteiger partial charge in [-0.25, -0.2) is 23.4 Å². The number of hydrogen-bond donors (Lipinski definition) is 0. The number of terminal acetylenes is 2. The molecule has 0 amide bonds. The molecule has 3 saturated heterocycles. The van der Waals surface area contributed by atoms with Crippen LogP contribution in [-0.4, -0.2) is 127 Å². The molecule has 3 rings (SSSR count). The normalized spacial score (nSPS) is 38.4. The zero-order valence-corrected chi connectivity index (χ0v) is 30.0. The average Bonchev–Trinajstić information content (AvgIpc) is 3.47. The van der Waals surface area contributed by atoms with E-state index in [1.807, 2.05) is 14.1 Å². The van der Waals surface area contributed by atoms with Gasteiger partial charge in [0.05, 0.1) is 0 Å². The average molecular weight is 661 g/mol. The van der Waals surface area contributed by atoms with Crippen molar-refractivity contribution < 1.29 is 9.13 Å². The molecule has 3 fully saturated rings. The molecule has 0 aromatic heterocycles. The zero-order valence-electron chi connectivity index (χ0n) is 25.7. The molecular formula is C29H39N6O2P3S2. The third-order valence-corrected chi connectivity index (χ3v) is 22.5. The molecule has 0 aliphatic carbocycles. The van der Waals surface area contributed by atoms with E-state index in [4.69, 9.17) is 24.7 Å². The number of nitrogens with zero attached hydrogens (tertiary/aromatic N) is 6. The SMILES string of the molecule is C#CC1CP(=S)(N(C)C)CC1C#CC#CC1C(C#CC#CC2SP(=O)(N(C)C)N(C)C2C#C)N(C)P(=O)(N(C)C)N1C. The maximum absolute atomic E-state index is 14.0. The van der Waals surface area contributed by atoms with E-state index in [0.29, 0.717) is 0 Å². The largest absolute Gasteiger partial charge is 0.288 e. The maximum atomic E-state index is 14.0. The van der Waals surface area contributed by atoms with Crippen LogP contribution in [0.25, 0.3) is 0 Å². The van der Waals surface area contributed by atoms with Crippen LogP contribution >= 0.6 is 31.8 Å². The van der Waals surface area contributed by atoms with Gasteiger partial charge in [-0.15, -0.1) is 18.8 Å². The van der Waals surface area contributed by atoms with E-state index in [1.165, 1.54) is 11.4 Å². The fourth-order valence-corrected chi connectivity index (χ4v) is 16.5. The van der Waals surface area contributed by atoms with Gasteiger partial charge >= 0.3 is 0 Å². The number of likely N-dealkylation sites (N-methyl/N-ethyl adjacent to an activating group) is 2. The number of rotatable bonds is 3. The van der Waals surface area contributed by atoms with E-state index in [9.17, 15) is 9.13 Å². The minimum Gasteiger partial charge on any atom is -0.281 e. The standard InChI is InChI=1S/C29H39N6O2P3S2/c1-12-24-22-38(41,30(3)4)23-25(24)18-14-15-19-27-28(34(10)39(36,31(5)6)33(27)9)20-16-17-21-29-26(13-2)35(11)40(37,42-29)32(7)8/h1-2,24-29H,22-23H2,3-11H3. The van der Waals surface area contributed by atoms with Crippen LogP contribution in [0.4, 0.5) is 0 Å².